The predicted molar refractivity (Wildman–Crippen MR) is 60.2 cm³/mol. The molecule has 0 unspecified atom stereocenters. The van der Waals surface area contributed by atoms with E-state index in [1.807, 2.05) is 31.2 Å². The molecule has 0 bridgehead atoms. The van der Waals surface area contributed by atoms with Gasteiger partial charge in [0.15, 0.2) is 0 Å². The average Bonchev–Trinajstić information content (AvgIpc) is 2.77. The third-order valence-corrected chi connectivity index (χ3v) is 2.32. The summed E-state index contributed by atoms with van der Waals surface area (Å²) >= 11 is 0. The number of rotatable bonds is 2. The second-order valence-corrected chi connectivity index (χ2v) is 3.56. The van der Waals surface area contributed by atoms with Crippen molar-refractivity contribution >= 4 is 5.97 Å². The Morgan fingerprint density at radius 1 is 1.31 bits per heavy atom. The lowest BCUT2D eigenvalue weighted by atomic mass is 10.1. The summed E-state index contributed by atoms with van der Waals surface area (Å²) in [6, 6.07) is 9.58. The summed E-state index contributed by atoms with van der Waals surface area (Å²) in [5, 5.41) is 0. The molecular formula is C13H12O3. The van der Waals surface area contributed by atoms with Crippen molar-refractivity contribution in [3.05, 3.63) is 47.7 Å². The molecule has 1 heterocycles. The molecule has 0 radical (unpaired) electrons. The molecule has 82 valence electrons. The van der Waals surface area contributed by atoms with Crippen LogP contribution in [0.25, 0.3) is 11.3 Å². The van der Waals surface area contributed by atoms with Gasteiger partial charge < -0.3 is 9.15 Å². The summed E-state index contributed by atoms with van der Waals surface area (Å²) < 4.78 is 9.94. The van der Waals surface area contributed by atoms with Gasteiger partial charge in [0.05, 0.1) is 12.7 Å². The maximum absolute atomic E-state index is 11.2. The van der Waals surface area contributed by atoms with Gasteiger partial charge in [0, 0.05) is 5.56 Å². The number of hydrogen-bond donors (Lipinski definition) is 0. The molecular weight excluding hydrogens is 204 g/mol. The van der Waals surface area contributed by atoms with Crippen molar-refractivity contribution in [2.75, 3.05) is 7.11 Å². The van der Waals surface area contributed by atoms with Gasteiger partial charge in [-0.25, -0.2) is 4.79 Å². The van der Waals surface area contributed by atoms with Crippen molar-refractivity contribution in [1.82, 2.24) is 0 Å². The van der Waals surface area contributed by atoms with Crippen molar-refractivity contribution < 1.29 is 13.9 Å². The van der Waals surface area contributed by atoms with Crippen LogP contribution in [-0.2, 0) is 4.74 Å². The van der Waals surface area contributed by atoms with E-state index in [2.05, 4.69) is 4.74 Å². The van der Waals surface area contributed by atoms with E-state index in [0.29, 0.717) is 11.3 Å². The van der Waals surface area contributed by atoms with E-state index < -0.39 is 0 Å². The Morgan fingerprint density at radius 3 is 2.81 bits per heavy atom. The minimum Gasteiger partial charge on any atom is -0.465 e. The highest BCUT2D eigenvalue weighted by Gasteiger charge is 2.11. The minimum absolute atomic E-state index is 0.386. The number of carbonyl (C=O) groups is 1. The van der Waals surface area contributed by atoms with Crippen LogP contribution < -0.4 is 0 Å². The van der Waals surface area contributed by atoms with Gasteiger partial charge in [0.1, 0.15) is 12.0 Å². The van der Waals surface area contributed by atoms with Crippen LogP contribution in [0.1, 0.15) is 15.9 Å². The third-order valence-electron chi connectivity index (χ3n) is 2.32. The fourth-order valence-corrected chi connectivity index (χ4v) is 1.51. The highest BCUT2D eigenvalue weighted by atomic mass is 16.5. The topological polar surface area (TPSA) is 39.4 Å². The summed E-state index contributed by atoms with van der Waals surface area (Å²) in [6.07, 6.45) is 1.41. The molecule has 16 heavy (non-hydrogen) atoms. The van der Waals surface area contributed by atoms with Crippen LogP contribution in [0.2, 0.25) is 0 Å². The summed E-state index contributed by atoms with van der Waals surface area (Å²) in [4.78, 5) is 11.2. The Hall–Kier alpha value is -2.03. The fourth-order valence-electron chi connectivity index (χ4n) is 1.51. The number of aryl methyl sites for hydroxylation is 1. The van der Waals surface area contributed by atoms with Gasteiger partial charge in [-0.2, -0.15) is 0 Å². The normalized spacial score (nSPS) is 10.1. The van der Waals surface area contributed by atoms with Crippen LogP contribution in [-0.4, -0.2) is 13.1 Å². The van der Waals surface area contributed by atoms with Gasteiger partial charge in [0.25, 0.3) is 0 Å². The smallest absolute Gasteiger partial charge is 0.341 e. The van der Waals surface area contributed by atoms with Crippen molar-refractivity contribution in [2.45, 2.75) is 6.92 Å². The van der Waals surface area contributed by atoms with E-state index >= 15 is 0 Å². The first-order chi connectivity index (χ1) is 7.70. The lowest BCUT2D eigenvalue weighted by Gasteiger charge is -1.97. The average molecular weight is 216 g/mol. The minimum atomic E-state index is -0.386. The molecule has 0 saturated heterocycles. The maximum Gasteiger partial charge on any atom is 0.341 e. The molecule has 1 aromatic carbocycles. The Balaban J connectivity index is 2.35. The molecule has 0 fully saturated rings. The lowest BCUT2D eigenvalue weighted by Crippen LogP contribution is -1.98. The highest BCUT2D eigenvalue weighted by molar-refractivity contribution is 5.90. The molecule has 0 aliphatic carbocycles. The second-order valence-electron chi connectivity index (χ2n) is 3.56. The van der Waals surface area contributed by atoms with Crippen LogP contribution in [0.3, 0.4) is 0 Å². The van der Waals surface area contributed by atoms with E-state index in [-0.39, 0.29) is 5.97 Å². The molecule has 0 saturated carbocycles. The van der Waals surface area contributed by atoms with Gasteiger partial charge in [-0.15, -0.1) is 0 Å². The van der Waals surface area contributed by atoms with Crippen LogP contribution in [0.5, 0.6) is 0 Å². The quantitative estimate of drug-likeness (QED) is 0.724. The second kappa shape index (κ2) is 4.23. The van der Waals surface area contributed by atoms with Crippen molar-refractivity contribution in [3.63, 3.8) is 0 Å². The molecule has 0 aliphatic heterocycles. The lowest BCUT2D eigenvalue weighted by molar-refractivity contribution is 0.0600. The number of methoxy groups -OCH3 is 1. The fraction of sp³-hybridized carbons (Fsp3) is 0.154. The maximum atomic E-state index is 11.2. The number of carbonyl (C=O) groups excluding carboxylic acids is 1. The zero-order valence-corrected chi connectivity index (χ0v) is 9.19. The van der Waals surface area contributed by atoms with Crippen molar-refractivity contribution in [1.29, 1.82) is 0 Å². The van der Waals surface area contributed by atoms with Crippen LogP contribution in [0.15, 0.2) is 41.0 Å². The van der Waals surface area contributed by atoms with E-state index in [0.717, 1.165) is 11.1 Å². The Labute approximate surface area is 93.7 Å². The number of furan rings is 1. The first kappa shape index (κ1) is 10.5. The highest BCUT2D eigenvalue weighted by Crippen LogP contribution is 2.23. The van der Waals surface area contributed by atoms with Crippen LogP contribution in [0, 0.1) is 6.92 Å². The van der Waals surface area contributed by atoms with Crippen molar-refractivity contribution in [3.8, 4) is 11.3 Å². The molecule has 2 rings (SSSR count). The Morgan fingerprint density at radius 2 is 2.12 bits per heavy atom. The first-order valence-corrected chi connectivity index (χ1v) is 4.94. The number of hydrogen-bond acceptors (Lipinski definition) is 3. The first-order valence-electron chi connectivity index (χ1n) is 4.94. The van der Waals surface area contributed by atoms with Gasteiger partial charge in [-0.05, 0) is 19.1 Å². The van der Waals surface area contributed by atoms with E-state index in [1.165, 1.54) is 13.4 Å². The summed E-state index contributed by atoms with van der Waals surface area (Å²) in [6.45, 7) is 2.01. The molecule has 0 aliphatic rings. The van der Waals surface area contributed by atoms with Gasteiger partial charge in [0.2, 0.25) is 0 Å². The van der Waals surface area contributed by atoms with E-state index in [9.17, 15) is 4.79 Å². The number of benzene rings is 1. The molecule has 2 aromatic rings. The Bertz CT molecular complexity index is 511. The van der Waals surface area contributed by atoms with Crippen LogP contribution >= 0.6 is 0 Å². The molecule has 0 atom stereocenters. The zero-order chi connectivity index (χ0) is 11.5. The van der Waals surface area contributed by atoms with E-state index in [1.54, 1.807) is 6.07 Å². The van der Waals surface area contributed by atoms with Gasteiger partial charge in [-0.1, -0.05) is 23.8 Å². The molecule has 3 nitrogen and oxygen atoms in total. The number of esters is 1. The predicted octanol–water partition coefficient (Wildman–Crippen LogP) is 3.04. The Kier molecular flexibility index (Phi) is 2.77. The van der Waals surface area contributed by atoms with Crippen LogP contribution in [0.4, 0.5) is 0 Å². The molecule has 0 amide bonds. The van der Waals surface area contributed by atoms with E-state index in [4.69, 9.17) is 4.42 Å². The molecule has 3 heteroatoms. The summed E-state index contributed by atoms with van der Waals surface area (Å²) in [5.74, 6) is 0.284. The summed E-state index contributed by atoms with van der Waals surface area (Å²) in [7, 11) is 1.35. The monoisotopic (exact) mass is 216 g/mol. The molecule has 0 spiro atoms. The molecule has 0 N–H and O–H groups in total. The summed E-state index contributed by atoms with van der Waals surface area (Å²) in [5.41, 5.74) is 2.53. The molecule has 1 aromatic heterocycles. The SMILES string of the molecule is COC(=O)c1coc(-c2cccc(C)c2)c1. The number of ether oxygens (including phenoxy) is 1. The largest absolute Gasteiger partial charge is 0.465 e. The van der Waals surface area contributed by atoms with Gasteiger partial charge in [-0.3, -0.25) is 0 Å². The zero-order valence-electron chi connectivity index (χ0n) is 9.19. The third kappa shape index (κ3) is 1.98. The standard InChI is InChI=1S/C13H12O3/c1-9-4-3-5-10(6-9)12-7-11(8-16-12)13(14)15-2/h3-8H,1-2H3. The van der Waals surface area contributed by atoms with Gasteiger partial charge >= 0.3 is 5.97 Å². The van der Waals surface area contributed by atoms with Crippen molar-refractivity contribution in [2.24, 2.45) is 0 Å².